The van der Waals surface area contributed by atoms with Gasteiger partial charge in [-0.2, -0.15) is 0 Å². The molecule has 4 nitrogen and oxygen atoms in total. The van der Waals surface area contributed by atoms with Crippen LogP contribution in [0.1, 0.15) is 36.5 Å². The normalized spacial score (nSPS) is 12.1. The molecule has 3 aromatic carbocycles. The first kappa shape index (κ1) is 24.2. The fourth-order valence-corrected chi connectivity index (χ4v) is 4.32. The molecule has 1 heterocycles. The Labute approximate surface area is 207 Å². The summed E-state index contributed by atoms with van der Waals surface area (Å²) in [6.07, 6.45) is 10.1. The van der Waals surface area contributed by atoms with Crippen molar-refractivity contribution < 1.29 is 9.53 Å². The Kier molecular flexibility index (Phi) is 7.94. The van der Waals surface area contributed by atoms with Crippen LogP contribution < -0.4 is 10.1 Å². The fourth-order valence-electron chi connectivity index (χ4n) is 4.32. The fraction of sp³-hybridized carbons (Fsp3) is 0.226. The number of benzene rings is 3. The second-order valence-electron chi connectivity index (χ2n) is 8.98. The molecule has 4 rings (SSSR count). The number of nitrogens with one attached hydrogen (secondary N) is 1. The Morgan fingerprint density at radius 2 is 1.91 bits per heavy atom. The van der Waals surface area contributed by atoms with Crippen molar-refractivity contribution >= 4 is 22.8 Å². The van der Waals surface area contributed by atoms with Crippen molar-refractivity contribution in [2.24, 2.45) is 0 Å². The molecule has 178 valence electrons. The van der Waals surface area contributed by atoms with Gasteiger partial charge in [0.05, 0.1) is 7.11 Å². The van der Waals surface area contributed by atoms with E-state index in [1.54, 1.807) is 19.4 Å². The minimum absolute atomic E-state index is 0.0800. The zero-order chi connectivity index (χ0) is 24.6. The van der Waals surface area contributed by atoms with E-state index in [2.05, 4.69) is 72.7 Å². The van der Waals surface area contributed by atoms with Crippen molar-refractivity contribution in [2.45, 2.75) is 39.2 Å². The van der Waals surface area contributed by atoms with Crippen LogP contribution in [0.3, 0.4) is 0 Å². The summed E-state index contributed by atoms with van der Waals surface area (Å²) in [6.45, 7) is 4.14. The molecule has 0 radical (unpaired) electrons. The minimum atomic E-state index is -0.0800. The van der Waals surface area contributed by atoms with Gasteiger partial charge in [0.1, 0.15) is 5.75 Å². The largest absolute Gasteiger partial charge is 0.497 e. The number of nitrogens with zero attached hydrogens (tertiary/aromatic N) is 1. The molecule has 0 bridgehead atoms. The van der Waals surface area contributed by atoms with E-state index in [1.165, 1.54) is 11.1 Å². The molecule has 4 heteroatoms. The number of rotatable bonds is 9. The lowest BCUT2D eigenvalue weighted by atomic mass is 9.92. The predicted molar refractivity (Wildman–Crippen MR) is 144 cm³/mol. The second-order valence-corrected chi connectivity index (χ2v) is 8.98. The zero-order valence-corrected chi connectivity index (χ0v) is 20.6. The third kappa shape index (κ3) is 6.36. The number of pyridine rings is 1. The van der Waals surface area contributed by atoms with Crippen LogP contribution in [0.25, 0.3) is 28.0 Å². The summed E-state index contributed by atoms with van der Waals surface area (Å²) in [5.41, 5.74) is 5.67. The van der Waals surface area contributed by atoms with Crippen LogP contribution in [0, 0.1) is 6.92 Å². The van der Waals surface area contributed by atoms with Gasteiger partial charge in [-0.15, -0.1) is 0 Å². The molecule has 1 N–H and O–H groups in total. The van der Waals surface area contributed by atoms with Crippen molar-refractivity contribution in [3.8, 4) is 16.9 Å². The number of fused-ring (bicyclic) bond motifs is 1. The summed E-state index contributed by atoms with van der Waals surface area (Å²) >= 11 is 0. The molecule has 0 aliphatic heterocycles. The number of carbonyl (C=O) groups is 1. The van der Waals surface area contributed by atoms with Gasteiger partial charge < -0.3 is 10.1 Å². The van der Waals surface area contributed by atoms with Crippen LogP contribution in [0.15, 0.2) is 85.2 Å². The van der Waals surface area contributed by atoms with E-state index in [0.717, 1.165) is 52.5 Å². The highest BCUT2D eigenvalue weighted by Crippen LogP contribution is 2.35. The molecular weight excluding hydrogens is 432 g/mol. The maximum atomic E-state index is 12.7. The van der Waals surface area contributed by atoms with Crippen molar-refractivity contribution in [3.63, 3.8) is 0 Å². The van der Waals surface area contributed by atoms with Crippen LogP contribution in [0.5, 0.6) is 5.75 Å². The molecule has 1 unspecified atom stereocenters. The quantitative estimate of drug-likeness (QED) is 0.278. The van der Waals surface area contributed by atoms with Gasteiger partial charge in [-0.05, 0) is 90.4 Å². The van der Waals surface area contributed by atoms with Crippen LogP contribution >= 0.6 is 0 Å². The molecule has 0 aliphatic rings. The first-order valence-corrected chi connectivity index (χ1v) is 12.1. The molecule has 1 aromatic heterocycles. The van der Waals surface area contributed by atoms with E-state index < -0.39 is 0 Å². The van der Waals surface area contributed by atoms with E-state index in [-0.39, 0.29) is 11.9 Å². The topological polar surface area (TPSA) is 51.2 Å². The summed E-state index contributed by atoms with van der Waals surface area (Å²) in [4.78, 5) is 16.8. The highest BCUT2D eigenvalue weighted by atomic mass is 16.5. The first-order chi connectivity index (χ1) is 17.0. The number of carbonyl (C=O) groups excluding carboxylic acids is 1. The number of aryl methyl sites for hydroxylation is 2. The lowest BCUT2D eigenvalue weighted by Gasteiger charge is -2.14. The summed E-state index contributed by atoms with van der Waals surface area (Å²) in [6, 6.07) is 22.9. The molecule has 1 amide bonds. The standard InChI is InChI=1S/C31H32N2O2/c1-22-9-11-25(12-10-22)31-26(13-14-27-20-28(35-3)16-17-29(27)31)15-18-30(34)33-23(2)6-4-7-24-8-5-19-32-21-24/h5,8-21,23H,4,6-7H2,1-3H3,(H,33,34)/b18-15+. The summed E-state index contributed by atoms with van der Waals surface area (Å²) in [5, 5.41) is 5.32. The predicted octanol–water partition coefficient (Wildman–Crippen LogP) is 6.76. The third-order valence-electron chi connectivity index (χ3n) is 6.23. The average molecular weight is 465 g/mol. The summed E-state index contributed by atoms with van der Waals surface area (Å²) in [5.74, 6) is 0.746. The molecule has 0 aliphatic carbocycles. The Hall–Kier alpha value is -3.92. The summed E-state index contributed by atoms with van der Waals surface area (Å²) in [7, 11) is 1.68. The Morgan fingerprint density at radius 1 is 1.09 bits per heavy atom. The Balaban J connectivity index is 1.50. The number of amides is 1. The smallest absolute Gasteiger partial charge is 0.244 e. The van der Waals surface area contributed by atoms with Gasteiger partial charge >= 0.3 is 0 Å². The van der Waals surface area contributed by atoms with Crippen LogP contribution in [0.4, 0.5) is 0 Å². The molecule has 0 saturated carbocycles. The number of aromatic nitrogens is 1. The van der Waals surface area contributed by atoms with E-state index in [4.69, 9.17) is 4.74 Å². The molecular formula is C31H32N2O2. The number of methoxy groups -OCH3 is 1. The Bertz CT molecular complexity index is 1310. The second kappa shape index (κ2) is 11.5. The van der Waals surface area contributed by atoms with E-state index in [0.29, 0.717) is 0 Å². The van der Waals surface area contributed by atoms with Gasteiger partial charge in [-0.25, -0.2) is 0 Å². The maximum absolute atomic E-state index is 12.7. The van der Waals surface area contributed by atoms with Crippen molar-refractivity contribution in [2.75, 3.05) is 7.11 Å². The van der Waals surface area contributed by atoms with Gasteiger partial charge in [-0.1, -0.05) is 54.1 Å². The van der Waals surface area contributed by atoms with Crippen molar-refractivity contribution in [1.82, 2.24) is 10.3 Å². The van der Waals surface area contributed by atoms with E-state index in [1.807, 2.05) is 30.5 Å². The maximum Gasteiger partial charge on any atom is 0.244 e. The molecule has 1 atom stereocenters. The van der Waals surface area contributed by atoms with Gasteiger partial charge in [0.2, 0.25) is 5.91 Å². The third-order valence-corrected chi connectivity index (χ3v) is 6.23. The highest BCUT2D eigenvalue weighted by Gasteiger charge is 2.11. The molecule has 0 saturated heterocycles. The zero-order valence-electron chi connectivity index (χ0n) is 20.6. The van der Waals surface area contributed by atoms with Crippen molar-refractivity contribution in [1.29, 1.82) is 0 Å². The van der Waals surface area contributed by atoms with Crippen molar-refractivity contribution in [3.05, 3.63) is 102 Å². The molecule has 0 spiro atoms. The monoisotopic (exact) mass is 464 g/mol. The first-order valence-electron chi connectivity index (χ1n) is 12.1. The van der Waals surface area contributed by atoms with Gasteiger partial charge in [0, 0.05) is 24.5 Å². The summed E-state index contributed by atoms with van der Waals surface area (Å²) < 4.78 is 5.41. The van der Waals surface area contributed by atoms with Gasteiger partial charge in [-0.3, -0.25) is 9.78 Å². The highest BCUT2D eigenvalue weighted by molar-refractivity contribution is 6.02. The minimum Gasteiger partial charge on any atom is -0.497 e. The molecule has 35 heavy (non-hydrogen) atoms. The lowest BCUT2D eigenvalue weighted by Crippen LogP contribution is -2.31. The number of hydrogen-bond donors (Lipinski definition) is 1. The van der Waals surface area contributed by atoms with Gasteiger partial charge in [0.25, 0.3) is 0 Å². The van der Waals surface area contributed by atoms with Crippen LogP contribution in [0.2, 0.25) is 0 Å². The lowest BCUT2D eigenvalue weighted by molar-refractivity contribution is -0.117. The molecule has 0 fully saturated rings. The molecule has 4 aromatic rings. The number of ether oxygens (including phenoxy) is 1. The van der Waals surface area contributed by atoms with E-state index in [9.17, 15) is 4.79 Å². The van der Waals surface area contributed by atoms with E-state index >= 15 is 0 Å². The van der Waals surface area contributed by atoms with Crippen LogP contribution in [-0.4, -0.2) is 24.0 Å². The van der Waals surface area contributed by atoms with Gasteiger partial charge in [0.15, 0.2) is 0 Å². The average Bonchev–Trinajstić information content (AvgIpc) is 2.88. The van der Waals surface area contributed by atoms with Crippen LogP contribution in [-0.2, 0) is 11.2 Å². The number of hydrogen-bond acceptors (Lipinski definition) is 3. The SMILES string of the molecule is COc1ccc2c(-c3ccc(C)cc3)c(/C=C/C(=O)NC(C)CCCc3cccnc3)ccc2c1. The Morgan fingerprint density at radius 3 is 2.66 bits per heavy atom.